The predicted molar refractivity (Wildman–Crippen MR) is 104 cm³/mol. The largest absolute Gasteiger partial charge is 0.372 e. The zero-order valence-corrected chi connectivity index (χ0v) is 14.7. The lowest BCUT2D eigenvalue weighted by atomic mass is 10.2. The van der Waals surface area contributed by atoms with Crippen LogP contribution in [0.5, 0.6) is 0 Å². The van der Waals surface area contributed by atoms with Crippen molar-refractivity contribution in [2.24, 2.45) is 0 Å². The number of hydrogen-bond acceptors (Lipinski definition) is 2. The first-order valence-corrected chi connectivity index (χ1v) is 8.52. The lowest BCUT2D eigenvalue weighted by molar-refractivity contribution is 0.726. The van der Waals surface area contributed by atoms with Crippen LogP contribution in [0.15, 0.2) is 54.6 Å². The molecule has 3 nitrogen and oxygen atoms in total. The number of hydrogen-bond donors (Lipinski definition) is 2. The number of para-hydroxylation sites is 2. The summed E-state index contributed by atoms with van der Waals surface area (Å²) in [6.45, 7) is 7.15. The summed E-state index contributed by atoms with van der Waals surface area (Å²) in [5, 5.41) is 7.22. The van der Waals surface area contributed by atoms with E-state index in [1.165, 1.54) is 11.3 Å². The summed E-state index contributed by atoms with van der Waals surface area (Å²) >= 11 is 5.36. The van der Waals surface area contributed by atoms with Crippen molar-refractivity contribution in [2.45, 2.75) is 20.3 Å². The highest BCUT2D eigenvalue weighted by Crippen LogP contribution is 2.13. The van der Waals surface area contributed by atoms with Gasteiger partial charge in [-0.15, -0.1) is 0 Å². The molecular weight excluding hydrogens is 302 g/mol. The van der Waals surface area contributed by atoms with Crippen LogP contribution in [0.1, 0.15) is 18.9 Å². The molecule has 0 radical (unpaired) electrons. The van der Waals surface area contributed by atoms with Crippen LogP contribution < -0.4 is 15.5 Å². The molecule has 2 rings (SSSR count). The van der Waals surface area contributed by atoms with Crippen molar-refractivity contribution in [1.29, 1.82) is 0 Å². The van der Waals surface area contributed by atoms with E-state index in [1.807, 2.05) is 18.2 Å². The van der Waals surface area contributed by atoms with Crippen molar-refractivity contribution in [3.63, 3.8) is 0 Å². The molecule has 0 aliphatic rings. The van der Waals surface area contributed by atoms with E-state index in [2.05, 4.69) is 65.8 Å². The molecule has 2 aromatic rings. The van der Waals surface area contributed by atoms with E-state index in [0.717, 1.165) is 31.7 Å². The number of thiocarbonyl (C=S) groups is 1. The summed E-state index contributed by atoms with van der Waals surface area (Å²) in [5.41, 5.74) is 3.53. The molecule has 0 saturated carbocycles. The van der Waals surface area contributed by atoms with Crippen molar-refractivity contribution in [3.8, 4) is 0 Å². The second kappa shape index (κ2) is 9.16. The second-order valence-corrected chi connectivity index (χ2v) is 5.87. The molecule has 0 atom stereocenters. The molecule has 0 spiro atoms. The molecule has 0 heterocycles. The van der Waals surface area contributed by atoms with E-state index in [9.17, 15) is 0 Å². The van der Waals surface area contributed by atoms with Gasteiger partial charge in [0.25, 0.3) is 0 Å². The van der Waals surface area contributed by atoms with Crippen LogP contribution in [0.2, 0.25) is 0 Å². The van der Waals surface area contributed by atoms with Crippen molar-refractivity contribution in [1.82, 2.24) is 5.32 Å². The van der Waals surface area contributed by atoms with E-state index < -0.39 is 0 Å². The van der Waals surface area contributed by atoms with Crippen molar-refractivity contribution < 1.29 is 0 Å². The first-order valence-electron chi connectivity index (χ1n) is 8.11. The third kappa shape index (κ3) is 5.57. The molecular formula is C19H25N3S. The molecule has 4 heteroatoms. The number of anilines is 2. The fourth-order valence-electron chi connectivity index (χ4n) is 2.46. The number of rotatable bonds is 7. The highest BCUT2D eigenvalue weighted by atomic mass is 32.1. The molecule has 0 amide bonds. The molecule has 2 N–H and O–H groups in total. The molecule has 23 heavy (non-hydrogen) atoms. The Morgan fingerprint density at radius 1 is 1.04 bits per heavy atom. The van der Waals surface area contributed by atoms with Gasteiger partial charge in [0.15, 0.2) is 5.11 Å². The zero-order chi connectivity index (χ0) is 16.5. The minimum absolute atomic E-state index is 0.682. The third-order valence-electron chi connectivity index (χ3n) is 3.79. The van der Waals surface area contributed by atoms with E-state index >= 15 is 0 Å². The highest BCUT2D eigenvalue weighted by molar-refractivity contribution is 7.80. The van der Waals surface area contributed by atoms with Gasteiger partial charge in [-0.25, -0.2) is 0 Å². The van der Waals surface area contributed by atoms with Gasteiger partial charge in [-0.2, -0.15) is 0 Å². The first-order chi connectivity index (χ1) is 11.2. The van der Waals surface area contributed by atoms with Gasteiger partial charge in [-0.05, 0) is 56.2 Å². The van der Waals surface area contributed by atoms with E-state index in [0.29, 0.717) is 5.11 Å². The molecule has 0 aliphatic heterocycles. The summed E-state index contributed by atoms with van der Waals surface area (Å²) in [6, 6.07) is 18.7. The van der Waals surface area contributed by atoms with Gasteiger partial charge in [0.2, 0.25) is 0 Å². The maximum absolute atomic E-state index is 5.36. The molecule has 0 aliphatic carbocycles. The number of aryl methyl sites for hydroxylation is 1. The monoisotopic (exact) mass is 327 g/mol. The molecule has 0 bridgehead atoms. The van der Waals surface area contributed by atoms with Crippen molar-refractivity contribution in [3.05, 3.63) is 60.2 Å². The summed E-state index contributed by atoms with van der Waals surface area (Å²) in [5.74, 6) is 0. The van der Waals surface area contributed by atoms with Crippen LogP contribution in [-0.4, -0.2) is 24.7 Å². The summed E-state index contributed by atoms with van der Waals surface area (Å²) in [7, 11) is 0. The summed E-state index contributed by atoms with van der Waals surface area (Å²) in [4.78, 5) is 2.37. The normalized spacial score (nSPS) is 10.2. The van der Waals surface area contributed by atoms with Crippen LogP contribution in [-0.2, 0) is 0 Å². The van der Waals surface area contributed by atoms with Gasteiger partial charge >= 0.3 is 0 Å². The van der Waals surface area contributed by atoms with E-state index in [-0.39, 0.29) is 0 Å². The Morgan fingerprint density at radius 3 is 2.43 bits per heavy atom. The standard InChI is InChI=1S/C19H25N3S/c1-3-22(17-11-5-4-6-12-17)15-9-14-20-19(23)21-18-13-8-7-10-16(18)2/h4-8,10-13H,3,9,14-15H2,1-2H3,(H2,20,21,23). The average Bonchev–Trinajstić information content (AvgIpc) is 2.58. The Labute approximate surface area is 144 Å². The SMILES string of the molecule is CCN(CCCNC(=S)Nc1ccccc1C)c1ccccc1. The lowest BCUT2D eigenvalue weighted by Gasteiger charge is -2.23. The summed E-state index contributed by atoms with van der Waals surface area (Å²) < 4.78 is 0. The van der Waals surface area contributed by atoms with Gasteiger partial charge in [0.1, 0.15) is 0 Å². The smallest absolute Gasteiger partial charge is 0.170 e. The van der Waals surface area contributed by atoms with Gasteiger partial charge in [-0.3, -0.25) is 0 Å². The zero-order valence-electron chi connectivity index (χ0n) is 13.9. The van der Waals surface area contributed by atoms with Gasteiger partial charge in [-0.1, -0.05) is 36.4 Å². The molecule has 122 valence electrons. The number of nitrogens with one attached hydrogen (secondary N) is 2. The van der Waals surface area contributed by atoms with E-state index in [4.69, 9.17) is 12.2 Å². The Kier molecular flexibility index (Phi) is 6.88. The fourth-order valence-corrected chi connectivity index (χ4v) is 2.67. The first kappa shape index (κ1) is 17.3. The Balaban J connectivity index is 1.72. The van der Waals surface area contributed by atoms with Crippen LogP contribution in [0, 0.1) is 6.92 Å². The minimum Gasteiger partial charge on any atom is -0.372 e. The quantitative estimate of drug-likeness (QED) is 0.589. The van der Waals surface area contributed by atoms with Crippen molar-refractivity contribution >= 4 is 28.7 Å². The average molecular weight is 327 g/mol. The molecule has 0 unspecified atom stereocenters. The predicted octanol–water partition coefficient (Wildman–Crippen LogP) is 4.20. The fraction of sp³-hybridized carbons (Fsp3) is 0.316. The van der Waals surface area contributed by atoms with Crippen molar-refractivity contribution in [2.75, 3.05) is 29.9 Å². The maximum atomic E-state index is 5.36. The second-order valence-electron chi connectivity index (χ2n) is 5.46. The lowest BCUT2D eigenvalue weighted by Crippen LogP contribution is -2.32. The molecule has 0 saturated heterocycles. The van der Waals surface area contributed by atoms with Crippen LogP contribution >= 0.6 is 12.2 Å². The van der Waals surface area contributed by atoms with Crippen LogP contribution in [0.4, 0.5) is 11.4 Å². The van der Waals surface area contributed by atoms with Gasteiger partial charge in [0.05, 0.1) is 0 Å². The van der Waals surface area contributed by atoms with Gasteiger partial charge in [0, 0.05) is 31.0 Å². The van der Waals surface area contributed by atoms with Crippen LogP contribution in [0.25, 0.3) is 0 Å². The molecule has 2 aromatic carbocycles. The number of nitrogens with zero attached hydrogens (tertiary/aromatic N) is 1. The minimum atomic E-state index is 0.682. The Morgan fingerprint density at radius 2 is 1.74 bits per heavy atom. The Bertz CT molecular complexity index is 613. The molecule has 0 fully saturated rings. The highest BCUT2D eigenvalue weighted by Gasteiger charge is 2.04. The van der Waals surface area contributed by atoms with Gasteiger partial charge < -0.3 is 15.5 Å². The third-order valence-corrected chi connectivity index (χ3v) is 4.03. The van der Waals surface area contributed by atoms with E-state index in [1.54, 1.807) is 0 Å². The Hall–Kier alpha value is -2.07. The maximum Gasteiger partial charge on any atom is 0.170 e. The number of benzene rings is 2. The topological polar surface area (TPSA) is 27.3 Å². The molecule has 0 aromatic heterocycles. The van der Waals surface area contributed by atoms with Crippen LogP contribution in [0.3, 0.4) is 0 Å². The summed E-state index contributed by atoms with van der Waals surface area (Å²) in [6.07, 6.45) is 1.04.